The maximum atomic E-state index is 13.5. The molecule has 0 saturated carbocycles. The zero-order valence-electron chi connectivity index (χ0n) is 13.7. The first-order valence-electron chi connectivity index (χ1n) is 7.56. The largest absolute Gasteiger partial charge is 0.350 e. The van der Waals surface area contributed by atoms with Crippen LogP contribution in [-0.4, -0.2) is 29.8 Å². The number of benzene rings is 2. The first-order valence-corrected chi connectivity index (χ1v) is 8.35. The quantitative estimate of drug-likeness (QED) is 0.423. The molecule has 0 spiro atoms. The Morgan fingerprint density at radius 2 is 1.62 bits per heavy atom. The maximum absolute atomic E-state index is 13.5. The SMILES string of the molecule is Cc1ccc(C(=O)NCCNC(=O)c2ccc(Br)c([N+](=O)[O-])c2)cc1F. The summed E-state index contributed by atoms with van der Waals surface area (Å²) in [6, 6.07) is 8.18. The summed E-state index contributed by atoms with van der Waals surface area (Å²) in [7, 11) is 0. The third kappa shape index (κ3) is 4.85. The lowest BCUT2D eigenvalue weighted by Gasteiger charge is -2.08. The van der Waals surface area contributed by atoms with E-state index in [0.717, 1.165) is 12.1 Å². The van der Waals surface area contributed by atoms with E-state index < -0.39 is 22.6 Å². The fourth-order valence-electron chi connectivity index (χ4n) is 2.08. The summed E-state index contributed by atoms with van der Waals surface area (Å²) >= 11 is 3.04. The highest BCUT2D eigenvalue weighted by Gasteiger charge is 2.15. The van der Waals surface area contributed by atoms with Gasteiger partial charge in [-0.05, 0) is 52.7 Å². The van der Waals surface area contributed by atoms with Gasteiger partial charge in [-0.15, -0.1) is 0 Å². The van der Waals surface area contributed by atoms with Gasteiger partial charge in [-0.25, -0.2) is 4.39 Å². The summed E-state index contributed by atoms with van der Waals surface area (Å²) < 4.78 is 13.7. The Hall–Kier alpha value is -2.81. The maximum Gasteiger partial charge on any atom is 0.284 e. The topological polar surface area (TPSA) is 101 Å². The third-order valence-corrected chi connectivity index (χ3v) is 4.21. The molecule has 2 aromatic carbocycles. The summed E-state index contributed by atoms with van der Waals surface area (Å²) in [5.41, 5.74) is 0.541. The molecule has 0 aliphatic rings. The van der Waals surface area contributed by atoms with Crippen LogP contribution >= 0.6 is 15.9 Å². The van der Waals surface area contributed by atoms with Crippen LogP contribution in [-0.2, 0) is 0 Å². The highest BCUT2D eigenvalue weighted by molar-refractivity contribution is 9.10. The predicted molar refractivity (Wildman–Crippen MR) is 96.6 cm³/mol. The van der Waals surface area contributed by atoms with E-state index in [-0.39, 0.29) is 34.4 Å². The fraction of sp³-hybridized carbons (Fsp3) is 0.176. The van der Waals surface area contributed by atoms with E-state index in [1.165, 1.54) is 24.3 Å². The standard InChI is InChI=1S/C17H15BrFN3O4/c1-10-2-3-11(8-14(10)19)16(23)20-6-7-21-17(24)12-4-5-13(18)15(9-12)22(25)26/h2-5,8-9H,6-7H2,1H3,(H,20,23)(H,21,24). The zero-order valence-corrected chi connectivity index (χ0v) is 15.3. The summed E-state index contributed by atoms with van der Waals surface area (Å²) in [6.07, 6.45) is 0. The zero-order chi connectivity index (χ0) is 19.3. The van der Waals surface area contributed by atoms with Crippen LogP contribution in [0.25, 0.3) is 0 Å². The molecule has 2 amide bonds. The number of carbonyl (C=O) groups excluding carboxylic acids is 2. The molecule has 9 heteroatoms. The monoisotopic (exact) mass is 423 g/mol. The van der Waals surface area contributed by atoms with Gasteiger partial charge >= 0.3 is 0 Å². The van der Waals surface area contributed by atoms with Gasteiger partial charge in [-0.1, -0.05) is 6.07 Å². The molecular formula is C17H15BrFN3O4. The molecule has 0 fully saturated rings. The van der Waals surface area contributed by atoms with Crippen molar-refractivity contribution in [3.8, 4) is 0 Å². The normalized spacial score (nSPS) is 10.3. The summed E-state index contributed by atoms with van der Waals surface area (Å²) in [4.78, 5) is 34.2. The number of nitrogens with zero attached hydrogens (tertiary/aromatic N) is 1. The van der Waals surface area contributed by atoms with Crippen molar-refractivity contribution in [1.82, 2.24) is 10.6 Å². The Balaban J connectivity index is 1.86. The van der Waals surface area contributed by atoms with E-state index in [0.29, 0.717) is 5.56 Å². The summed E-state index contributed by atoms with van der Waals surface area (Å²) in [5.74, 6) is -1.43. The lowest BCUT2D eigenvalue weighted by atomic mass is 10.1. The van der Waals surface area contributed by atoms with Crippen LogP contribution < -0.4 is 10.6 Å². The Morgan fingerprint density at radius 1 is 1.08 bits per heavy atom. The molecule has 2 aromatic rings. The molecule has 2 N–H and O–H groups in total. The first-order chi connectivity index (χ1) is 12.3. The van der Waals surface area contributed by atoms with Crippen LogP contribution in [0.5, 0.6) is 0 Å². The Kier molecular flexibility index (Phi) is 6.40. The molecule has 0 unspecified atom stereocenters. The van der Waals surface area contributed by atoms with E-state index in [1.54, 1.807) is 6.92 Å². The van der Waals surface area contributed by atoms with Gasteiger partial charge in [0.25, 0.3) is 17.5 Å². The smallest absolute Gasteiger partial charge is 0.284 e. The van der Waals surface area contributed by atoms with Crippen LogP contribution in [0.4, 0.5) is 10.1 Å². The second-order valence-electron chi connectivity index (χ2n) is 5.40. The van der Waals surface area contributed by atoms with E-state index >= 15 is 0 Å². The second kappa shape index (κ2) is 8.52. The summed E-state index contributed by atoms with van der Waals surface area (Å²) in [6.45, 7) is 1.83. The van der Waals surface area contributed by atoms with Gasteiger partial charge in [0.1, 0.15) is 5.82 Å². The Labute approximate surface area is 156 Å². The Bertz CT molecular complexity index is 873. The van der Waals surface area contributed by atoms with E-state index in [9.17, 15) is 24.1 Å². The van der Waals surface area contributed by atoms with Crippen molar-refractivity contribution in [2.75, 3.05) is 13.1 Å². The van der Waals surface area contributed by atoms with Crippen LogP contribution in [0.3, 0.4) is 0 Å². The number of aryl methyl sites for hydroxylation is 1. The molecule has 0 saturated heterocycles. The van der Waals surface area contributed by atoms with Crippen molar-refractivity contribution in [3.63, 3.8) is 0 Å². The van der Waals surface area contributed by atoms with Crippen molar-refractivity contribution in [2.24, 2.45) is 0 Å². The molecule has 0 radical (unpaired) electrons. The van der Waals surface area contributed by atoms with Crippen LogP contribution in [0.2, 0.25) is 0 Å². The van der Waals surface area contributed by atoms with Crippen molar-refractivity contribution in [3.05, 3.63) is 73.5 Å². The van der Waals surface area contributed by atoms with Crippen LogP contribution in [0, 0.1) is 22.9 Å². The molecule has 0 aliphatic heterocycles. The number of hydrogen-bond acceptors (Lipinski definition) is 4. The van der Waals surface area contributed by atoms with E-state index in [2.05, 4.69) is 26.6 Å². The highest BCUT2D eigenvalue weighted by Crippen LogP contribution is 2.25. The lowest BCUT2D eigenvalue weighted by Crippen LogP contribution is -2.34. The van der Waals surface area contributed by atoms with Gasteiger partial charge in [0.15, 0.2) is 0 Å². The molecule has 0 heterocycles. The molecule has 2 rings (SSSR count). The number of halogens is 2. The van der Waals surface area contributed by atoms with Crippen molar-refractivity contribution in [1.29, 1.82) is 0 Å². The van der Waals surface area contributed by atoms with Gasteiger partial charge in [0.2, 0.25) is 0 Å². The Morgan fingerprint density at radius 3 is 2.15 bits per heavy atom. The first kappa shape index (κ1) is 19.5. The molecule has 7 nitrogen and oxygen atoms in total. The van der Waals surface area contributed by atoms with Crippen molar-refractivity contribution in [2.45, 2.75) is 6.92 Å². The molecule has 0 aromatic heterocycles. The highest BCUT2D eigenvalue weighted by atomic mass is 79.9. The lowest BCUT2D eigenvalue weighted by molar-refractivity contribution is -0.385. The average molecular weight is 424 g/mol. The molecule has 0 atom stereocenters. The number of nitro benzene ring substituents is 1. The van der Waals surface area contributed by atoms with Gasteiger partial charge < -0.3 is 10.6 Å². The summed E-state index contributed by atoms with van der Waals surface area (Å²) in [5, 5.41) is 16.0. The average Bonchev–Trinajstić information content (AvgIpc) is 2.60. The minimum absolute atomic E-state index is 0.114. The molecule has 0 aliphatic carbocycles. The van der Waals surface area contributed by atoms with Crippen molar-refractivity contribution < 1.29 is 18.9 Å². The van der Waals surface area contributed by atoms with Crippen LogP contribution in [0.1, 0.15) is 26.3 Å². The number of nitrogens with one attached hydrogen (secondary N) is 2. The molecule has 136 valence electrons. The van der Waals surface area contributed by atoms with E-state index in [1.807, 2.05) is 0 Å². The minimum atomic E-state index is -0.595. The number of hydrogen-bond donors (Lipinski definition) is 2. The van der Waals surface area contributed by atoms with Gasteiger partial charge in [-0.2, -0.15) is 0 Å². The van der Waals surface area contributed by atoms with Crippen molar-refractivity contribution >= 4 is 33.4 Å². The molecule has 26 heavy (non-hydrogen) atoms. The second-order valence-corrected chi connectivity index (χ2v) is 6.25. The predicted octanol–water partition coefficient (Wildman–Crippen LogP) is 2.96. The minimum Gasteiger partial charge on any atom is -0.350 e. The van der Waals surface area contributed by atoms with E-state index in [4.69, 9.17) is 0 Å². The number of nitro groups is 1. The van der Waals surface area contributed by atoms with Gasteiger partial charge in [-0.3, -0.25) is 19.7 Å². The molecule has 0 bridgehead atoms. The number of rotatable bonds is 6. The number of carbonyl (C=O) groups is 2. The van der Waals surface area contributed by atoms with Gasteiger partial charge in [0, 0.05) is 30.3 Å². The molecular weight excluding hydrogens is 409 g/mol. The van der Waals surface area contributed by atoms with Crippen LogP contribution in [0.15, 0.2) is 40.9 Å². The van der Waals surface area contributed by atoms with Gasteiger partial charge in [0.05, 0.1) is 9.40 Å². The number of amides is 2. The fourth-order valence-corrected chi connectivity index (χ4v) is 2.48. The third-order valence-electron chi connectivity index (χ3n) is 3.54.